The van der Waals surface area contributed by atoms with Gasteiger partial charge in [0.1, 0.15) is 24.6 Å². The summed E-state index contributed by atoms with van der Waals surface area (Å²) in [5.74, 6) is -1.45. The summed E-state index contributed by atoms with van der Waals surface area (Å²) in [6, 6.07) is 0. The van der Waals surface area contributed by atoms with Crippen LogP contribution < -0.4 is 5.73 Å². The van der Waals surface area contributed by atoms with Gasteiger partial charge in [-0.25, -0.2) is 0 Å². The van der Waals surface area contributed by atoms with Gasteiger partial charge in [0.15, 0.2) is 0 Å². The quantitative estimate of drug-likeness (QED) is 0.657. The number of carbonyl (C=O) groups is 3. The zero-order valence-electron chi connectivity index (χ0n) is 9.20. The van der Waals surface area contributed by atoms with Crippen molar-refractivity contribution in [2.75, 3.05) is 19.0 Å². The zero-order valence-corrected chi connectivity index (χ0v) is 9.95. The first-order valence-corrected chi connectivity index (χ1v) is 5.29. The van der Waals surface area contributed by atoms with Gasteiger partial charge in [-0.15, -0.1) is 11.6 Å². The number of primary amides is 1. The van der Waals surface area contributed by atoms with Gasteiger partial charge in [-0.05, 0) is 13.8 Å². The van der Waals surface area contributed by atoms with Gasteiger partial charge >= 0.3 is 0 Å². The first-order valence-electron chi connectivity index (χ1n) is 4.76. The second kappa shape index (κ2) is 4.29. The molecule has 0 saturated carbocycles. The van der Waals surface area contributed by atoms with Gasteiger partial charge in [0.05, 0.1) is 0 Å². The third kappa shape index (κ3) is 2.11. The molecule has 0 radical (unpaired) electrons. The molecule has 0 aromatic carbocycles. The standard InChI is InChI=1S/C9H14ClN3O3/c1-9(2)12(4-6(11)14)8(16)5-13(9)7(15)3-10/h3-5H2,1-2H3,(H2,11,14). The summed E-state index contributed by atoms with van der Waals surface area (Å²) in [6.45, 7) is 3.08. The first-order chi connectivity index (χ1) is 7.30. The minimum absolute atomic E-state index is 0.0637. The van der Waals surface area contributed by atoms with Crippen LogP contribution in [0, 0.1) is 0 Å². The van der Waals surface area contributed by atoms with Crippen LogP contribution >= 0.6 is 11.6 Å². The van der Waals surface area contributed by atoms with E-state index in [2.05, 4.69) is 0 Å². The Morgan fingerprint density at radius 1 is 1.50 bits per heavy atom. The maximum atomic E-state index is 11.6. The number of rotatable bonds is 3. The zero-order chi connectivity index (χ0) is 12.5. The third-order valence-corrected chi connectivity index (χ3v) is 2.87. The van der Waals surface area contributed by atoms with Crippen molar-refractivity contribution < 1.29 is 14.4 Å². The molecular formula is C9H14ClN3O3. The molecule has 0 atom stereocenters. The lowest BCUT2D eigenvalue weighted by molar-refractivity contribution is -0.138. The second-order valence-electron chi connectivity index (χ2n) is 4.05. The predicted molar refractivity (Wildman–Crippen MR) is 57.4 cm³/mol. The molecule has 1 aliphatic rings. The van der Waals surface area contributed by atoms with Crippen LogP contribution in [0.3, 0.4) is 0 Å². The third-order valence-electron chi connectivity index (χ3n) is 2.64. The topological polar surface area (TPSA) is 83.7 Å². The summed E-state index contributed by atoms with van der Waals surface area (Å²) in [4.78, 5) is 36.6. The molecule has 0 aromatic rings. The van der Waals surface area contributed by atoms with E-state index in [0.29, 0.717) is 0 Å². The number of nitrogens with two attached hydrogens (primary N) is 1. The average molecular weight is 248 g/mol. The number of carbonyl (C=O) groups excluding carboxylic acids is 3. The molecule has 0 spiro atoms. The maximum Gasteiger partial charge on any atom is 0.244 e. The SMILES string of the molecule is CC1(C)N(CC(N)=O)C(=O)CN1C(=O)CCl. The Morgan fingerprint density at radius 3 is 2.50 bits per heavy atom. The fourth-order valence-electron chi connectivity index (χ4n) is 1.77. The Hall–Kier alpha value is -1.30. The Morgan fingerprint density at radius 2 is 2.06 bits per heavy atom. The first kappa shape index (κ1) is 12.8. The summed E-state index contributed by atoms with van der Waals surface area (Å²) in [5, 5.41) is 0. The second-order valence-corrected chi connectivity index (χ2v) is 4.32. The van der Waals surface area contributed by atoms with Crippen LogP contribution in [0.1, 0.15) is 13.8 Å². The maximum absolute atomic E-state index is 11.6. The fraction of sp³-hybridized carbons (Fsp3) is 0.667. The highest BCUT2D eigenvalue weighted by atomic mass is 35.5. The van der Waals surface area contributed by atoms with E-state index in [0.717, 1.165) is 0 Å². The molecule has 1 rings (SSSR count). The summed E-state index contributed by atoms with van der Waals surface area (Å²) >= 11 is 5.45. The molecule has 1 saturated heterocycles. The summed E-state index contributed by atoms with van der Waals surface area (Å²) in [7, 11) is 0. The molecule has 3 amide bonds. The van der Waals surface area contributed by atoms with Crippen molar-refractivity contribution in [3.8, 4) is 0 Å². The van der Waals surface area contributed by atoms with Crippen molar-refractivity contribution in [2.24, 2.45) is 5.73 Å². The normalized spacial score (nSPS) is 19.1. The molecule has 0 bridgehead atoms. The van der Waals surface area contributed by atoms with Gasteiger partial charge in [0, 0.05) is 0 Å². The van der Waals surface area contributed by atoms with Crippen molar-refractivity contribution in [2.45, 2.75) is 19.5 Å². The Balaban J connectivity index is 2.93. The van der Waals surface area contributed by atoms with Gasteiger partial charge in [0.25, 0.3) is 0 Å². The molecule has 0 aliphatic carbocycles. The highest BCUT2D eigenvalue weighted by molar-refractivity contribution is 6.27. The molecule has 0 aromatic heterocycles. The largest absolute Gasteiger partial charge is 0.368 e. The van der Waals surface area contributed by atoms with Crippen molar-refractivity contribution in [1.82, 2.24) is 9.80 Å². The van der Waals surface area contributed by atoms with Crippen LogP contribution in [0.2, 0.25) is 0 Å². The van der Waals surface area contributed by atoms with Crippen LogP contribution in [0.5, 0.6) is 0 Å². The van der Waals surface area contributed by atoms with Crippen molar-refractivity contribution >= 4 is 29.3 Å². The van der Waals surface area contributed by atoms with E-state index in [9.17, 15) is 14.4 Å². The molecule has 16 heavy (non-hydrogen) atoms. The van der Waals surface area contributed by atoms with Crippen molar-refractivity contribution in [1.29, 1.82) is 0 Å². The summed E-state index contributed by atoms with van der Waals surface area (Å²) < 4.78 is 0. The highest BCUT2D eigenvalue weighted by Gasteiger charge is 2.46. The van der Waals surface area contributed by atoms with Crippen LogP contribution in [0.25, 0.3) is 0 Å². The van der Waals surface area contributed by atoms with Gasteiger partial charge in [0.2, 0.25) is 17.7 Å². The number of amides is 3. The number of hydrogen-bond donors (Lipinski definition) is 1. The predicted octanol–water partition coefficient (Wildman–Crippen LogP) is -0.883. The lowest BCUT2D eigenvalue weighted by Crippen LogP contribution is -2.53. The molecule has 7 heteroatoms. The lowest BCUT2D eigenvalue weighted by atomic mass is 10.2. The van der Waals surface area contributed by atoms with E-state index in [1.165, 1.54) is 9.80 Å². The molecule has 1 heterocycles. The van der Waals surface area contributed by atoms with E-state index < -0.39 is 11.6 Å². The number of halogens is 1. The molecule has 0 unspecified atom stereocenters. The fourth-order valence-corrected chi connectivity index (χ4v) is 1.91. The van der Waals surface area contributed by atoms with Crippen molar-refractivity contribution in [3.05, 3.63) is 0 Å². The van der Waals surface area contributed by atoms with Crippen molar-refractivity contribution in [3.63, 3.8) is 0 Å². The Bertz CT molecular complexity index is 343. The highest BCUT2D eigenvalue weighted by Crippen LogP contribution is 2.26. The van der Waals surface area contributed by atoms with Gasteiger partial charge < -0.3 is 15.5 Å². The summed E-state index contributed by atoms with van der Waals surface area (Å²) in [6.07, 6.45) is 0. The molecule has 1 fully saturated rings. The molecule has 90 valence electrons. The number of hydrogen-bond acceptors (Lipinski definition) is 3. The van der Waals surface area contributed by atoms with E-state index in [1.807, 2.05) is 0 Å². The van der Waals surface area contributed by atoms with Gasteiger partial charge in [-0.2, -0.15) is 0 Å². The summed E-state index contributed by atoms with van der Waals surface area (Å²) in [5.41, 5.74) is 4.18. The Labute approximate surface area is 98.3 Å². The van der Waals surface area contributed by atoms with E-state index in [-0.39, 0.29) is 30.8 Å². The average Bonchev–Trinajstić information content (AvgIpc) is 2.40. The molecule has 1 aliphatic heterocycles. The molecular weight excluding hydrogens is 234 g/mol. The van der Waals surface area contributed by atoms with Crippen LogP contribution in [-0.4, -0.2) is 52.2 Å². The van der Waals surface area contributed by atoms with E-state index in [4.69, 9.17) is 17.3 Å². The van der Waals surface area contributed by atoms with Crippen LogP contribution in [-0.2, 0) is 14.4 Å². The van der Waals surface area contributed by atoms with E-state index in [1.54, 1.807) is 13.8 Å². The molecule has 2 N–H and O–H groups in total. The van der Waals surface area contributed by atoms with Crippen LogP contribution in [0.4, 0.5) is 0 Å². The minimum Gasteiger partial charge on any atom is -0.368 e. The minimum atomic E-state index is -0.863. The lowest BCUT2D eigenvalue weighted by Gasteiger charge is -2.36. The number of nitrogens with zero attached hydrogens (tertiary/aromatic N) is 2. The van der Waals surface area contributed by atoms with Gasteiger partial charge in [-0.3, -0.25) is 14.4 Å². The smallest absolute Gasteiger partial charge is 0.244 e. The Kier molecular flexibility index (Phi) is 3.42. The molecule has 6 nitrogen and oxygen atoms in total. The monoisotopic (exact) mass is 247 g/mol. The number of alkyl halides is 1. The van der Waals surface area contributed by atoms with E-state index >= 15 is 0 Å². The van der Waals surface area contributed by atoms with Gasteiger partial charge in [-0.1, -0.05) is 0 Å². The van der Waals surface area contributed by atoms with Crippen LogP contribution in [0.15, 0.2) is 0 Å².